The summed E-state index contributed by atoms with van der Waals surface area (Å²) < 4.78 is 0. The highest BCUT2D eigenvalue weighted by molar-refractivity contribution is 6.97. The van der Waals surface area contributed by atoms with E-state index in [1.807, 2.05) is 80.9 Å². The molecule has 0 aliphatic carbocycles. The Balaban J connectivity index is -0.000000105. The van der Waals surface area contributed by atoms with Crippen molar-refractivity contribution in [1.29, 1.82) is 0 Å². The van der Waals surface area contributed by atoms with Gasteiger partial charge in [0.2, 0.25) is 0 Å². The van der Waals surface area contributed by atoms with Crippen LogP contribution in [-0.4, -0.2) is 64.6 Å². The molecule has 8 heteroatoms. The second kappa shape index (κ2) is 48.8. The van der Waals surface area contributed by atoms with Crippen LogP contribution in [-0.2, 0) is 0 Å². The molecule has 392 valence electrons. The van der Waals surface area contributed by atoms with Crippen LogP contribution in [0.15, 0.2) is 223 Å². The van der Waals surface area contributed by atoms with Gasteiger partial charge in [-0.05, 0) is 36.3 Å². The lowest BCUT2D eigenvalue weighted by atomic mass is 10.6. The molecule has 1 atom stereocenters. The first-order valence-corrected chi connectivity index (χ1v) is 48.0. The smallest absolute Gasteiger partial charge is 0.130 e. The van der Waals surface area contributed by atoms with Gasteiger partial charge in [0.1, 0.15) is 16.1 Å². The van der Waals surface area contributed by atoms with Crippen LogP contribution in [0.2, 0.25) is 113 Å². The van der Waals surface area contributed by atoms with Crippen molar-refractivity contribution in [2.75, 3.05) is 0 Å². The Kier molecular flexibility index (Phi) is 57.9. The minimum absolute atomic E-state index is 0.913. The lowest BCUT2D eigenvalue weighted by Crippen LogP contribution is -2.27. The molecule has 0 aliphatic heterocycles. The van der Waals surface area contributed by atoms with Gasteiger partial charge in [-0.25, -0.2) is 0 Å². The van der Waals surface area contributed by atoms with E-state index in [1.165, 1.54) is 48.7 Å². The molecule has 0 fully saturated rings. The fourth-order valence-electron chi connectivity index (χ4n) is 4.73. The zero-order valence-corrected chi connectivity index (χ0v) is 56.3. The molecular formula is C62H112Si8. The summed E-state index contributed by atoms with van der Waals surface area (Å²) in [6.07, 6.45) is 21.9. The van der Waals surface area contributed by atoms with E-state index in [0.29, 0.717) is 0 Å². The monoisotopic (exact) mass is 1080 g/mol. The number of rotatable bonds is 28. The van der Waals surface area contributed by atoms with Crippen LogP contribution in [0.5, 0.6) is 0 Å². The molecule has 0 saturated heterocycles. The topological polar surface area (TPSA) is 0 Å². The second-order valence-electron chi connectivity index (χ2n) is 19.8. The Morgan fingerprint density at radius 2 is 0.714 bits per heavy atom. The second-order valence-corrected chi connectivity index (χ2v) is 55.2. The molecule has 0 rings (SSSR count). The van der Waals surface area contributed by atoms with Gasteiger partial charge in [0, 0.05) is 6.04 Å². The van der Waals surface area contributed by atoms with E-state index in [2.05, 4.69) is 233 Å². The van der Waals surface area contributed by atoms with Gasteiger partial charge in [-0.3, -0.25) is 0 Å². The van der Waals surface area contributed by atoms with Crippen molar-refractivity contribution in [1.82, 2.24) is 0 Å². The number of hydrogen-bond acceptors (Lipinski definition) is 0. The first kappa shape index (κ1) is 83.1. The van der Waals surface area contributed by atoms with Crippen molar-refractivity contribution in [2.24, 2.45) is 0 Å². The Bertz CT molecular complexity index is 1570. The molecule has 1 unspecified atom stereocenters. The molecule has 0 bridgehead atoms. The molecule has 0 N–H and O–H groups in total. The maximum atomic E-state index is 5.27. The van der Waals surface area contributed by atoms with Crippen LogP contribution < -0.4 is 0 Å². The van der Waals surface area contributed by atoms with E-state index >= 15 is 0 Å². The van der Waals surface area contributed by atoms with Crippen molar-refractivity contribution >= 4 is 64.6 Å². The summed E-state index contributed by atoms with van der Waals surface area (Å²) >= 11 is 0. The third-order valence-corrected chi connectivity index (χ3v) is 36.4. The maximum Gasteiger partial charge on any atom is 0.157 e. The van der Waals surface area contributed by atoms with Crippen molar-refractivity contribution < 1.29 is 0 Å². The Labute approximate surface area is 449 Å². The van der Waals surface area contributed by atoms with Gasteiger partial charge in [-0.1, -0.05) is 197 Å². The standard InChI is InChI=1S/C10H20Si.C10H18Si.C8H12Si.C7H12Si.C7H14Si.2C7H12Si.C6H12Si/c2*1-5-8-11(4,9-6-2)10-7-3;1-5-9(6-2,7-3)8-4;1-5-7-8(3,4)6-2;3*1-5-8(4,6-2)7-3;1-5-7(3,4)6-2/h5-6H,1-2,7-10H2,3-4H3;5-7H,1-3,8-10H2,4H3;5-8H,1-4H2;1,6H,2,7H2,3-4H3;5-6H,1-2,7H2,3-4H3;5-7H,1-3H2,4H3;1,6H,2,7H2,3-4H3;5-6H,1-2H2,3-4H3. The Morgan fingerprint density at radius 3 is 0.800 bits per heavy atom. The van der Waals surface area contributed by atoms with Crippen LogP contribution in [0.1, 0.15) is 27.2 Å². The molecular weight excluding hydrogens is 969 g/mol. The highest BCUT2D eigenvalue weighted by Crippen LogP contribution is 2.23. The van der Waals surface area contributed by atoms with Gasteiger partial charge in [0.15, 0.2) is 8.07 Å². The summed E-state index contributed by atoms with van der Waals surface area (Å²) in [5.74, 6) is 2.65. The molecule has 0 nitrogen and oxygen atoms in total. The molecule has 0 aliphatic rings. The van der Waals surface area contributed by atoms with Gasteiger partial charge in [-0.15, -0.1) is 148 Å². The molecule has 0 aromatic rings. The third-order valence-electron chi connectivity index (χ3n) is 12.1. The quantitative estimate of drug-likeness (QED) is 0.0416. The number of allylic oxidation sites excluding steroid dienone is 5. The molecule has 0 aromatic heterocycles. The first-order valence-electron chi connectivity index (χ1n) is 24.6. The highest BCUT2D eigenvalue weighted by atomic mass is 28.3. The van der Waals surface area contributed by atoms with E-state index in [1.54, 1.807) is 0 Å². The van der Waals surface area contributed by atoms with E-state index in [-0.39, 0.29) is 0 Å². The fraction of sp³-hybridized carbons (Fsp3) is 0.355. The van der Waals surface area contributed by atoms with E-state index in [9.17, 15) is 0 Å². The van der Waals surface area contributed by atoms with Gasteiger partial charge < -0.3 is 0 Å². The normalized spacial score (nSPS) is 11.1. The highest BCUT2D eigenvalue weighted by Gasteiger charge is 2.23. The van der Waals surface area contributed by atoms with Gasteiger partial charge in [-0.2, -0.15) is 0 Å². The van der Waals surface area contributed by atoms with Crippen LogP contribution in [0, 0.1) is 24.3 Å². The molecule has 0 aromatic carbocycles. The molecule has 70 heavy (non-hydrogen) atoms. The molecule has 0 amide bonds. The number of terminal acetylenes is 2. The third kappa shape index (κ3) is 49.2. The van der Waals surface area contributed by atoms with Crippen molar-refractivity contribution in [3.05, 3.63) is 223 Å². The summed E-state index contributed by atoms with van der Waals surface area (Å²) in [5.41, 5.74) is 28.3. The van der Waals surface area contributed by atoms with E-state index in [4.69, 9.17) is 12.8 Å². The van der Waals surface area contributed by atoms with Crippen LogP contribution in [0.3, 0.4) is 0 Å². The van der Waals surface area contributed by atoms with Gasteiger partial charge >= 0.3 is 0 Å². The average Bonchev–Trinajstić information content (AvgIpc) is 3.36. The largest absolute Gasteiger partial charge is 0.157 e. The summed E-state index contributed by atoms with van der Waals surface area (Å²) in [5, 5.41) is 0. The Morgan fingerprint density at radius 1 is 0.386 bits per heavy atom. The molecule has 0 radical (unpaired) electrons. The minimum atomic E-state index is -1.64. The van der Waals surface area contributed by atoms with E-state index in [0.717, 1.165) is 12.1 Å². The zero-order valence-electron chi connectivity index (χ0n) is 48.3. The lowest BCUT2D eigenvalue weighted by Gasteiger charge is -2.23. The zero-order chi connectivity index (χ0) is 57.2. The summed E-state index contributed by atoms with van der Waals surface area (Å²) in [6.45, 7) is 93.9. The van der Waals surface area contributed by atoms with Gasteiger partial charge in [0.05, 0.1) is 40.4 Å². The first-order chi connectivity index (χ1) is 32.4. The lowest BCUT2D eigenvalue weighted by molar-refractivity contribution is 1.03. The summed E-state index contributed by atoms with van der Waals surface area (Å²) in [7, 11) is -9.90. The summed E-state index contributed by atoms with van der Waals surface area (Å²) in [6, 6.07) is 10.6. The van der Waals surface area contributed by atoms with Crippen LogP contribution in [0.4, 0.5) is 0 Å². The average molecular weight is 1080 g/mol. The van der Waals surface area contributed by atoms with Gasteiger partial charge in [0.25, 0.3) is 0 Å². The predicted molar refractivity (Wildman–Crippen MR) is 365 cm³/mol. The SMILES string of the molecule is C#CC[Si](C)(C)C=C.C#C[Si](C)(C=C)CC.C=CC[Si](C)(CC=C)CC=C.C=CC[Si](C)(CC=C)CCC.C=C[Si](C)(C)C=C.C=C[Si](C)(C=C)C=C.C=C[Si](C)(C=C)CC.C=C[Si](C=C)(C=C)C=C. The molecule has 0 heterocycles. The Hall–Kier alpha value is -3.82. The van der Waals surface area contributed by atoms with Crippen molar-refractivity contribution in [3.8, 4) is 24.3 Å². The number of hydrogen-bond donors (Lipinski definition) is 0. The van der Waals surface area contributed by atoms with Crippen molar-refractivity contribution in [2.45, 2.75) is 141 Å². The molecule has 0 saturated carbocycles. The molecule has 0 spiro atoms. The minimum Gasteiger partial charge on any atom is -0.130 e. The predicted octanol–water partition coefficient (Wildman–Crippen LogP) is 20.8. The van der Waals surface area contributed by atoms with Crippen LogP contribution >= 0.6 is 0 Å². The maximum absolute atomic E-state index is 5.27. The van der Waals surface area contributed by atoms with E-state index < -0.39 is 64.6 Å². The van der Waals surface area contributed by atoms with Crippen molar-refractivity contribution in [3.63, 3.8) is 0 Å². The fourth-order valence-corrected chi connectivity index (χ4v) is 14.2. The summed E-state index contributed by atoms with van der Waals surface area (Å²) in [4.78, 5) is 0. The van der Waals surface area contributed by atoms with Crippen LogP contribution in [0.25, 0.3) is 0 Å².